The van der Waals surface area contributed by atoms with Gasteiger partial charge in [0.1, 0.15) is 0 Å². The van der Waals surface area contributed by atoms with E-state index in [1.165, 1.54) is 113 Å². The Bertz CT molecular complexity index is 2530. The van der Waals surface area contributed by atoms with Gasteiger partial charge in [-0.1, -0.05) is 104 Å². The van der Waals surface area contributed by atoms with Gasteiger partial charge in [-0.15, -0.1) is 11.3 Å². The first-order chi connectivity index (χ1) is 24.6. The number of rotatable bonds is 1. The van der Waals surface area contributed by atoms with Gasteiger partial charge in [-0.3, -0.25) is 0 Å². The first kappa shape index (κ1) is 32.6. The summed E-state index contributed by atoms with van der Waals surface area (Å²) in [6.07, 6.45) is 5.03. The highest BCUT2D eigenvalue weighted by molar-refractivity contribution is 7.26. The quantitative estimate of drug-likeness (QED) is 0.158. The molecule has 4 heterocycles. The van der Waals surface area contributed by atoms with Gasteiger partial charge >= 0.3 is 0 Å². The molecular weight excluding hydrogens is 647 g/mol. The number of hydrogen-bond acceptors (Lipinski definition) is 3. The van der Waals surface area contributed by atoms with Crippen molar-refractivity contribution in [1.82, 2.24) is 0 Å². The Morgan fingerprint density at radius 3 is 2.13 bits per heavy atom. The molecule has 2 atom stereocenters. The molecule has 5 aromatic carbocycles. The fraction of sp³-hybridized carbons (Fsp3) is 0.375. The van der Waals surface area contributed by atoms with Crippen LogP contribution in [-0.4, -0.2) is 12.3 Å². The zero-order valence-electron chi connectivity index (χ0n) is 32.7. The molecule has 0 amide bonds. The van der Waals surface area contributed by atoms with Gasteiger partial charge < -0.3 is 9.80 Å². The zero-order chi connectivity index (χ0) is 36.3. The molecule has 10 rings (SSSR count). The topological polar surface area (TPSA) is 6.48 Å². The number of aryl methyl sites for hydroxylation is 2. The molecule has 1 fully saturated rings. The number of benzene rings is 5. The Kier molecular flexibility index (Phi) is 6.49. The Morgan fingerprint density at radius 2 is 1.38 bits per heavy atom. The average molecular weight is 699 g/mol. The van der Waals surface area contributed by atoms with Crippen molar-refractivity contribution in [3.63, 3.8) is 0 Å². The molecule has 0 bridgehead atoms. The van der Waals surface area contributed by atoms with E-state index in [0.29, 0.717) is 0 Å². The molecule has 1 aliphatic carbocycles. The predicted octanol–water partition coefficient (Wildman–Crippen LogP) is 11.6. The lowest BCUT2D eigenvalue weighted by molar-refractivity contribution is 0.195. The monoisotopic (exact) mass is 698 g/mol. The maximum atomic E-state index is 2.89. The maximum absolute atomic E-state index is 2.89. The Balaban J connectivity index is 1.39. The summed E-state index contributed by atoms with van der Waals surface area (Å²) in [5.74, 6) is 0. The van der Waals surface area contributed by atoms with Crippen LogP contribution >= 0.6 is 11.3 Å². The number of thiophene rings is 1. The summed E-state index contributed by atoms with van der Waals surface area (Å²) in [5, 5.41) is 2.82. The van der Waals surface area contributed by atoms with E-state index in [0.717, 1.165) is 0 Å². The number of anilines is 5. The van der Waals surface area contributed by atoms with E-state index in [-0.39, 0.29) is 28.5 Å². The molecule has 52 heavy (non-hydrogen) atoms. The van der Waals surface area contributed by atoms with Crippen molar-refractivity contribution in [3.05, 3.63) is 107 Å². The lowest BCUT2D eigenvalue weighted by Crippen LogP contribution is -2.64. The summed E-state index contributed by atoms with van der Waals surface area (Å²) >= 11 is 1.95. The van der Waals surface area contributed by atoms with Crippen molar-refractivity contribution >= 4 is 83.0 Å². The normalized spacial score (nSPS) is 21.8. The van der Waals surface area contributed by atoms with E-state index >= 15 is 0 Å². The molecule has 0 saturated heterocycles. The largest absolute Gasteiger partial charge is 0.335 e. The molecule has 0 radical (unpaired) electrons. The highest BCUT2D eigenvalue weighted by Gasteiger charge is 2.61. The van der Waals surface area contributed by atoms with Crippen LogP contribution in [0.25, 0.3) is 20.2 Å². The second-order valence-corrected chi connectivity index (χ2v) is 20.2. The molecule has 2 nitrogen and oxygen atoms in total. The third kappa shape index (κ3) is 4.08. The molecule has 4 aliphatic rings. The smallest absolute Gasteiger partial charge is 0.253 e. The summed E-state index contributed by atoms with van der Waals surface area (Å²) in [4.78, 5) is 5.54. The molecular formula is C48H51BN2S. The van der Waals surface area contributed by atoms with Crippen molar-refractivity contribution < 1.29 is 0 Å². The molecule has 6 aromatic rings. The van der Waals surface area contributed by atoms with E-state index < -0.39 is 0 Å². The lowest BCUT2D eigenvalue weighted by atomic mass is 9.32. The summed E-state index contributed by atoms with van der Waals surface area (Å²) < 4.78 is 2.76. The summed E-state index contributed by atoms with van der Waals surface area (Å²) in [6.45, 7) is 24.2. The highest BCUT2D eigenvalue weighted by atomic mass is 32.1. The van der Waals surface area contributed by atoms with Crippen LogP contribution in [-0.2, 0) is 16.2 Å². The van der Waals surface area contributed by atoms with Crippen LogP contribution in [0.4, 0.5) is 28.4 Å². The number of nitrogens with zero attached hydrogens (tertiary/aromatic N) is 2. The number of hydrogen-bond donors (Lipinski definition) is 0. The van der Waals surface area contributed by atoms with Gasteiger partial charge in [0.05, 0.1) is 5.54 Å². The molecule has 3 aliphatic heterocycles. The second kappa shape index (κ2) is 10.3. The molecule has 2 unspecified atom stereocenters. The van der Waals surface area contributed by atoms with Gasteiger partial charge in [0.2, 0.25) is 0 Å². The molecule has 262 valence electrons. The standard InChI is InChI=1S/C48H51BN2S/c1-28-23-37-42-38(24-28)51-44-33(47(9)21-13-14-22-48(47,51)10)26-31(46(6,7)8)27-34(44)49(42)43-36(19-20-40-41(43)32-15-11-12-16-39(32)52-40)50(37)35-18-17-30(25-29(35)2)45(3,4)5/h11-12,15-20,23-27H,13-14,21-22H2,1-10H3. The van der Waals surface area contributed by atoms with E-state index in [2.05, 4.69) is 158 Å². The third-order valence-electron chi connectivity index (χ3n) is 13.9. The van der Waals surface area contributed by atoms with Crippen LogP contribution in [0.2, 0.25) is 0 Å². The molecule has 1 saturated carbocycles. The maximum Gasteiger partial charge on any atom is 0.253 e. The zero-order valence-corrected chi connectivity index (χ0v) is 33.5. The van der Waals surface area contributed by atoms with E-state index in [1.807, 2.05) is 11.3 Å². The van der Waals surface area contributed by atoms with Gasteiger partial charge in [0, 0.05) is 43.3 Å². The first-order valence-electron chi connectivity index (χ1n) is 19.6. The van der Waals surface area contributed by atoms with Gasteiger partial charge in [0.25, 0.3) is 6.71 Å². The van der Waals surface area contributed by atoms with Crippen molar-refractivity contribution in [3.8, 4) is 0 Å². The third-order valence-corrected chi connectivity index (χ3v) is 15.0. The van der Waals surface area contributed by atoms with Gasteiger partial charge in [-0.2, -0.15) is 0 Å². The lowest BCUT2D eigenvalue weighted by Gasteiger charge is -2.53. The Hall–Kier alpha value is -4.02. The van der Waals surface area contributed by atoms with Crippen LogP contribution in [0.15, 0.2) is 78.9 Å². The number of fused-ring (bicyclic) bond motifs is 11. The van der Waals surface area contributed by atoms with E-state index in [9.17, 15) is 0 Å². The van der Waals surface area contributed by atoms with E-state index in [4.69, 9.17) is 0 Å². The van der Waals surface area contributed by atoms with E-state index in [1.54, 1.807) is 5.56 Å². The molecule has 1 aromatic heterocycles. The van der Waals surface area contributed by atoms with Crippen LogP contribution < -0.4 is 26.2 Å². The SMILES string of the molecule is Cc1cc2c3c(c1)N1c4c(cc(C(C)(C)C)cc4C4(C)CCCCC14C)B3c1c(ccc3sc4ccccc4c13)N2c1ccc(C(C)(C)C)cc1C. The summed E-state index contributed by atoms with van der Waals surface area (Å²) in [5.41, 5.74) is 18.7. The second-order valence-electron chi connectivity index (χ2n) is 19.1. The molecule has 4 heteroatoms. The average Bonchev–Trinajstić information content (AvgIpc) is 3.56. The van der Waals surface area contributed by atoms with Gasteiger partial charge in [0.15, 0.2) is 0 Å². The fourth-order valence-electron chi connectivity index (χ4n) is 10.9. The predicted molar refractivity (Wildman–Crippen MR) is 228 cm³/mol. The van der Waals surface area contributed by atoms with Gasteiger partial charge in [-0.25, -0.2) is 0 Å². The fourth-order valence-corrected chi connectivity index (χ4v) is 12.0. The van der Waals surface area contributed by atoms with Crippen molar-refractivity contribution in [2.45, 2.75) is 117 Å². The van der Waals surface area contributed by atoms with Crippen molar-refractivity contribution in [1.29, 1.82) is 0 Å². The molecule has 0 spiro atoms. The van der Waals surface area contributed by atoms with Crippen LogP contribution in [0, 0.1) is 13.8 Å². The van der Waals surface area contributed by atoms with Crippen molar-refractivity contribution in [2.24, 2.45) is 0 Å². The minimum absolute atomic E-state index is 0.00183. The van der Waals surface area contributed by atoms with Crippen LogP contribution in [0.1, 0.15) is 109 Å². The Morgan fingerprint density at radius 1 is 0.673 bits per heavy atom. The minimum Gasteiger partial charge on any atom is -0.335 e. The van der Waals surface area contributed by atoms with Gasteiger partial charge in [-0.05, 0) is 136 Å². The van der Waals surface area contributed by atoms with Crippen LogP contribution in [0.3, 0.4) is 0 Å². The van der Waals surface area contributed by atoms with Crippen LogP contribution in [0.5, 0.6) is 0 Å². The Labute approximate surface area is 314 Å². The summed E-state index contributed by atoms with van der Waals surface area (Å²) in [7, 11) is 0. The first-order valence-corrected chi connectivity index (χ1v) is 20.4. The van der Waals surface area contributed by atoms with Crippen molar-refractivity contribution in [2.75, 3.05) is 9.80 Å². The minimum atomic E-state index is 0.00183. The molecule has 0 N–H and O–H groups in total. The highest BCUT2D eigenvalue weighted by Crippen LogP contribution is 2.62. The summed E-state index contributed by atoms with van der Waals surface area (Å²) in [6, 6.07) is 31.5.